The lowest BCUT2D eigenvalue weighted by atomic mass is 10.1. The van der Waals surface area contributed by atoms with Gasteiger partial charge in [0, 0.05) is 50.9 Å². The zero-order valence-electron chi connectivity index (χ0n) is 17.9. The first-order valence-electron chi connectivity index (χ1n) is 10.9. The molecular formula is C24H24FN5O3. The minimum Gasteiger partial charge on any atom is -0.408 e. The fourth-order valence-electron chi connectivity index (χ4n) is 4.25. The highest BCUT2D eigenvalue weighted by molar-refractivity contribution is 5.92. The van der Waals surface area contributed by atoms with Gasteiger partial charge >= 0.3 is 5.76 Å². The molecule has 0 saturated carbocycles. The molecule has 1 atom stereocenters. The zero-order chi connectivity index (χ0) is 22.8. The molecule has 0 bridgehead atoms. The minimum atomic E-state index is -0.677. The number of hydrogen-bond donors (Lipinski definition) is 2. The number of piperazine rings is 1. The molecule has 0 aliphatic carbocycles. The Morgan fingerprint density at radius 3 is 2.76 bits per heavy atom. The number of β-amino-alcohol motifs (C(OH)–C–C–N with tert-alkyl or cyclic N) is 1. The maximum Gasteiger partial charge on any atom is 0.441 e. The van der Waals surface area contributed by atoms with E-state index >= 15 is 0 Å². The highest BCUT2D eigenvalue weighted by Crippen LogP contribution is 2.26. The number of aliphatic hydroxyl groups excluding tert-OH is 1. The fourth-order valence-corrected chi connectivity index (χ4v) is 4.25. The van der Waals surface area contributed by atoms with Crippen LogP contribution in [0.1, 0.15) is 0 Å². The van der Waals surface area contributed by atoms with Gasteiger partial charge in [0.2, 0.25) is 0 Å². The van der Waals surface area contributed by atoms with Crippen molar-refractivity contribution in [3.8, 4) is 0 Å². The van der Waals surface area contributed by atoms with Gasteiger partial charge in [-0.05, 0) is 35.7 Å². The van der Waals surface area contributed by atoms with Crippen LogP contribution in [0.25, 0.3) is 21.7 Å². The Bertz CT molecular complexity index is 1340. The molecule has 170 valence electrons. The summed E-state index contributed by atoms with van der Waals surface area (Å²) in [7, 11) is 0. The normalized spacial score (nSPS) is 15.8. The van der Waals surface area contributed by atoms with Crippen molar-refractivity contribution in [2.24, 2.45) is 0 Å². The molecule has 0 amide bonds. The highest BCUT2D eigenvalue weighted by atomic mass is 19.1. The Hall–Kier alpha value is -3.56. The summed E-state index contributed by atoms with van der Waals surface area (Å²) < 4.78 is 18.9. The third-order valence-electron chi connectivity index (χ3n) is 5.90. The summed E-state index contributed by atoms with van der Waals surface area (Å²) in [6.45, 7) is 3.70. The molecule has 1 fully saturated rings. The molecule has 9 heteroatoms. The maximum atomic E-state index is 13.8. The van der Waals surface area contributed by atoms with Gasteiger partial charge in [-0.25, -0.2) is 14.2 Å². The summed E-state index contributed by atoms with van der Waals surface area (Å²) in [4.78, 5) is 24.4. The fraction of sp³-hybridized carbons (Fsp3) is 0.292. The van der Waals surface area contributed by atoms with Gasteiger partial charge in [0.15, 0.2) is 0 Å². The van der Waals surface area contributed by atoms with Crippen molar-refractivity contribution < 1.29 is 13.9 Å². The van der Waals surface area contributed by atoms with E-state index in [1.807, 2.05) is 18.2 Å². The second kappa shape index (κ2) is 9.13. The number of aromatic nitrogens is 2. The third-order valence-corrected chi connectivity index (χ3v) is 5.90. The van der Waals surface area contributed by atoms with Crippen molar-refractivity contribution >= 4 is 33.4 Å². The number of halogens is 1. The number of nitrogens with one attached hydrogen (secondary N) is 1. The van der Waals surface area contributed by atoms with E-state index in [2.05, 4.69) is 25.1 Å². The summed E-state index contributed by atoms with van der Waals surface area (Å²) >= 11 is 0. The third kappa shape index (κ3) is 4.64. The van der Waals surface area contributed by atoms with E-state index in [0.717, 1.165) is 42.8 Å². The van der Waals surface area contributed by atoms with E-state index in [-0.39, 0.29) is 12.4 Å². The minimum absolute atomic E-state index is 0.255. The number of fused-ring (bicyclic) bond motifs is 2. The van der Waals surface area contributed by atoms with Gasteiger partial charge < -0.3 is 19.7 Å². The van der Waals surface area contributed by atoms with Crippen LogP contribution in [0.15, 0.2) is 63.9 Å². The van der Waals surface area contributed by atoms with E-state index in [1.54, 1.807) is 24.4 Å². The van der Waals surface area contributed by atoms with Crippen LogP contribution in [0.3, 0.4) is 0 Å². The number of anilines is 2. The van der Waals surface area contributed by atoms with Crippen LogP contribution in [0.4, 0.5) is 16.0 Å². The first-order chi connectivity index (χ1) is 16.1. The Labute approximate surface area is 189 Å². The number of benzene rings is 2. The van der Waals surface area contributed by atoms with Gasteiger partial charge in [0.25, 0.3) is 0 Å². The Morgan fingerprint density at radius 1 is 1.09 bits per heavy atom. The van der Waals surface area contributed by atoms with Gasteiger partial charge in [0.05, 0.1) is 11.5 Å². The topological polar surface area (TPSA) is 94.7 Å². The Balaban J connectivity index is 1.18. The Morgan fingerprint density at radius 2 is 1.91 bits per heavy atom. The smallest absolute Gasteiger partial charge is 0.408 e. The molecule has 2 aromatic heterocycles. The molecule has 1 aliphatic heterocycles. The lowest BCUT2D eigenvalue weighted by Crippen LogP contribution is -2.49. The number of hydrogen-bond acceptors (Lipinski definition) is 8. The average molecular weight is 449 g/mol. The van der Waals surface area contributed by atoms with Crippen molar-refractivity contribution in [1.82, 2.24) is 14.9 Å². The quantitative estimate of drug-likeness (QED) is 0.464. The average Bonchev–Trinajstić information content (AvgIpc) is 2.82. The molecule has 0 unspecified atom stereocenters. The van der Waals surface area contributed by atoms with Crippen molar-refractivity contribution in [1.29, 1.82) is 0 Å². The van der Waals surface area contributed by atoms with Crippen LogP contribution >= 0.6 is 0 Å². The van der Waals surface area contributed by atoms with Crippen LogP contribution in [-0.4, -0.2) is 65.3 Å². The second-order valence-electron chi connectivity index (χ2n) is 8.15. The summed E-state index contributed by atoms with van der Waals surface area (Å²) in [6, 6.07) is 13.8. The van der Waals surface area contributed by atoms with Crippen LogP contribution in [0.2, 0.25) is 0 Å². The largest absolute Gasteiger partial charge is 0.441 e. The molecule has 2 N–H and O–H groups in total. The van der Waals surface area contributed by atoms with Gasteiger partial charge in [-0.3, -0.25) is 4.90 Å². The predicted molar refractivity (Wildman–Crippen MR) is 125 cm³/mol. The molecule has 1 aliphatic rings. The predicted octanol–water partition coefficient (Wildman–Crippen LogP) is 2.47. The molecule has 1 saturated heterocycles. The van der Waals surface area contributed by atoms with Crippen molar-refractivity contribution in [2.75, 3.05) is 49.5 Å². The second-order valence-corrected chi connectivity index (χ2v) is 8.15. The summed E-state index contributed by atoms with van der Waals surface area (Å²) in [5.41, 5.74) is 0.451. The molecule has 3 heterocycles. The molecule has 33 heavy (non-hydrogen) atoms. The van der Waals surface area contributed by atoms with Crippen LogP contribution in [0.5, 0.6) is 0 Å². The van der Waals surface area contributed by atoms with Crippen molar-refractivity contribution in [3.05, 3.63) is 71.1 Å². The monoisotopic (exact) mass is 449 g/mol. The molecule has 0 spiro atoms. The SMILES string of the molecule is O=c1nc(NC[C@@H](O)CN2CCN(c3nccc4ccc(F)cc34)CC2)c2ccccc2o1. The van der Waals surface area contributed by atoms with E-state index in [4.69, 9.17) is 4.42 Å². The van der Waals surface area contributed by atoms with E-state index in [9.17, 15) is 14.3 Å². The number of nitrogens with zero attached hydrogens (tertiary/aromatic N) is 4. The molecule has 2 aromatic carbocycles. The molecule has 0 radical (unpaired) electrons. The first kappa shape index (κ1) is 21.3. The first-order valence-corrected chi connectivity index (χ1v) is 10.9. The van der Waals surface area contributed by atoms with Gasteiger partial charge in [-0.2, -0.15) is 4.98 Å². The number of pyridine rings is 1. The van der Waals surface area contributed by atoms with E-state index in [1.165, 1.54) is 12.1 Å². The van der Waals surface area contributed by atoms with Crippen LogP contribution in [0, 0.1) is 5.82 Å². The molecular weight excluding hydrogens is 425 g/mol. The van der Waals surface area contributed by atoms with Crippen LogP contribution < -0.4 is 16.0 Å². The summed E-state index contributed by atoms with van der Waals surface area (Å²) in [5, 5.41) is 16.1. The van der Waals surface area contributed by atoms with Crippen molar-refractivity contribution in [3.63, 3.8) is 0 Å². The maximum absolute atomic E-state index is 13.8. The summed E-state index contributed by atoms with van der Waals surface area (Å²) in [5.74, 6) is 0.239. The molecule has 8 nitrogen and oxygen atoms in total. The van der Waals surface area contributed by atoms with E-state index in [0.29, 0.717) is 23.3 Å². The highest BCUT2D eigenvalue weighted by Gasteiger charge is 2.22. The molecule has 5 rings (SSSR count). The lowest BCUT2D eigenvalue weighted by molar-refractivity contribution is 0.118. The zero-order valence-corrected chi connectivity index (χ0v) is 17.9. The number of rotatable bonds is 6. The standard InChI is InChI=1S/C24H24FN5O3/c25-17-6-5-16-7-8-26-23(20(16)13-17)30-11-9-29(10-12-30)15-18(31)14-27-22-19-3-1-2-4-21(19)33-24(32)28-22/h1-8,13,18,31H,9-12,14-15H2,(H,27,28,32)/t18-/m1/s1. The van der Waals surface area contributed by atoms with Gasteiger partial charge in [0.1, 0.15) is 23.0 Å². The Kier molecular flexibility index (Phi) is 5.89. The van der Waals surface area contributed by atoms with Gasteiger partial charge in [-0.1, -0.05) is 18.2 Å². The summed E-state index contributed by atoms with van der Waals surface area (Å²) in [6.07, 6.45) is 1.10. The van der Waals surface area contributed by atoms with Crippen molar-refractivity contribution in [2.45, 2.75) is 6.10 Å². The van der Waals surface area contributed by atoms with E-state index < -0.39 is 11.9 Å². The number of aliphatic hydroxyl groups is 1. The molecule has 4 aromatic rings. The lowest BCUT2D eigenvalue weighted by Gasteiger charge is -2.36. The van der Waals surface area contributed by atoms with Crippen LogP contribution in [-0.2, 0) is 0 Å². The number of para-hydroxylation sites is 1. The van der Waals surface area contributed by atoms with Gasteiger partial charge in [-0.15, -0.1) is 0 Å².